The summed E-state index contributed by atoms with van der Waals surface area (Å²) >= 11 is 5.76. The molecule has 0 saturated carbocycles. The molecular formula is C21H32ClN3O3. The molecular weight excluding hydrogens is 378 g/mol. The van der Waals surface area contributed by atoms with Gasteiger partial charge in [-0.1, -0.05) is 45.7 Å². The molecule has 0 saturated heterocycles. The molecule has 0 heterocycles. The molecule has 4 N–H and O–H groups in total. The number of hydrogen-bond acceptors (Lipinski definition) is 3. The molecule has 0 aromatic heterocycles. The standard InChI is InChI=1S/C21H32ClN3O3/c1-5-6-7-17(19(23)26)18(13(2)3)21(28)24-14(4)20(27)25-16-10-8-15(12-22)9-11-16/h8-11,13-14,17-18H,5-7,12H2,1-4H3,(H2,23,26)(H,24,28)(H,25,27)/t14-,17?,18-/m0/s1. The Labute approximate surface area is 172 Å². The minimum Gasteiger partial charge on any atom is -0.369 e. The van der Waals surface area contributed by atoms with E-state index in [1.165, 1.54) is 0 Å². The maximum atomic E-state index is 12.8. The van der Waals surface area contributed by atoms with E-state index < -0.39 is 23.8 Å². The number of nitrogens with two attached hydrogens (primary N) is 1. The van der Waals surface area contributed by atoms with Crippen molar-refractivity contribution in [3.63, 3.8) is 0 Å². The first kappa shape index (κ1) is 24.0. The second-order valence-corrected chi connectivity index (χ2v) is 7.74. The molecule has 0 bridgehead atoms. The van der Waals surface area contributed by atoms with E-state index in [2.05, 4.69) is 10.6 Å². The highest BCUT2D eigenvalue weighted by Crippen LogP contribution is 2.26. The lowest BCUT2D eigenvalue weighted by atomic mass is 9.79. The second kappa shape index (κ2) is 11.7. The van der Waals surface area contributed by atoms with Crippen LogP contribution in [0.2, 0.25) is 0 Å². The molecule has 0 fully saturated rings. The predicted molar refractivity (Wildman–Crippen MR) is 113 cm³/mol. The minimum atomic E-state index is -0.749. The van der Waals surface area contributed by atoms with Crippen LogP contribution in [-0.4, -0.2) is 23.8 Å². The predicted octanol–water partition coefficient (Wildman–Crippen LogP) is 3.43. The monoisotopic (exact) mass is 409 g/mol. The normalized spacial score (nSPS) is 14.2. The second-order valence-electron chi connectivity index (χ2n) is 7.47. The lowest BCUT2D eigenvalue weighted by molar-refractivity contribution is -0.136. The molecule has 1 rings (SSSR count). The van der Waals surface area contributed by atoms with Gasteiger partial charge >= 0.3 is 0 Å². The van der Waals surface area contributed by atoms with Crippen molar-refractivity contribution in [1.82, 2.24) is 5.32 Å². The summed E-state index contributed by atoms with van der Waals surface area (Å²) < 4.78 is 0. The van der Waals surface area contributed by atoms with Crippen molar-refractivity contribution in [2.24, 2.45) is 23.5 Å². The Morgan fingerprint density at radius 2 is 1.68 bits per heavy atom. The van der Waals surface area contributed by atoms with Gasteiger partial charge in [-0.25, -0.2) is 0 Å². The van der Waals surface area contributed by atoms with E-state index in [1.807, 2.05) is 32.9 Å². The molecule has 0 aliphatic carbocycles. The fourth-order valence-corrected chi connectivity index (χ4v) is 3.35. The van der Waals surface area contributed by atoms with Crippen LogP contribution in [-0.2, 0) is 20.3 Å². The number of alkyl halides is 1. The third-order valence-corrected chi connectivity index (χ3v) is 5.13. The largest absolute Gasteiger partial charge is 0.369 e. The van der Waals surface area contributed by atoms with Gasteiger partial charge in [0.2, 0.25) is 17.7 Å². The lowest BCUT2D eigenvalue weighted by Gasteiger charge is -2.28. The van der Waals surface area contributed by atoms with E-state index >= 15 is 0 Å². The van der Waals surface area contributed by atoms with Gasteiger partial charge in [0.1, 0.15) is 6.04 Å². The summed E-state index contributed by atoms with van der Waals surface area (Å²) in [5.74, 6) is -1.92. The number of halogens is 1. The van der Waals surface area contributed by atoms with Crippen LogP contribution in [0.4, 0.5) is 5.69 Å². The summed E-state index contributed by atoms with van der Waals surface area (Å²) in [6, 6.07) is 6.42. The highest BCUT2D eigenvalue weighted by atomic mass is 35.5. The van der Waals surface area contributed by atoms with Crippen molar-refractivity contribution in [2.75, 3.05) is 5.32 Å². The van der Waals surface area contributed by atoms with Crippen molar-refractivity contribution in [1.29, 1.82) is 0 Å². The van der Waals surface area contributed by atoms with Crippen LogP contribution < -0.4 is 16.4 Å². The van der Waals surface area contributed by atoms with Crippen LogP contribution in [0, 0.1) is 17.8 Å². The molecule has 1 aromatic rings. The van der Waals surface area contributed by atoms with Gasteiger partial charge in [-0.2, -0.15) is 0 Å². The van der Waals surface area contributed by atoms with Crippen LogP contribution in [0.25, 0.3) is 0 Å². The number of anilines is 1. The summed E-state index contributed by atoms with van der Waals surface area (Å²) in [7, 11) is 0. The van der Waals surface area contributed by atoms with Gasteiger partial charge in [-0.05, 0) is 37.0 Å². The number of benzene rings is 1. The molecule has 1 unspecified atom stereocenters. The molecule has 3 amide bonds. The molecule has 3 atom stereocenters. The third kappa shape index (κ3) is 7.15. The van der Waals surface area contributed by atoms with Gasteiger partial charge in [0, 0.05) is 17.5 Å². The number of amides is 3. The Bertz CT molecular complexity index is 661. The van der Waals surface area contributed by atoms with Crippen molar-refractivity contribution in [2.45, 2.75) is 58.9 Å². The number of hydrogen-bond donors (Lipinski definition) is 3. The summed E-state index contributed by atoms with van der Waals surface area (Å²) in [5.41, 5.74) is 7.14. The zero-order valence-electron chi connectivity index (χ0n) is 17.1. The van der Waals surface area contributed by atoms with Gasteiger partial charge in [-0.15, -0.1) is 11.6 Å². The minimum absolute atomic E-state index is 0.0762. The summed E-state index contributed by atoms with van der Waals surface area (Å²) in [6.07, 6.45) is 2.30. The molecule has 7 heteroatoms. The van der Waals surface area contributed by atoms with Gasteiger partial charge in [0.05, 0.1) is 5.92 Å². The molecule has 0 aliphatic rings. The van der Waals surface area contributed by atoms with E-state index in [0.29, 0.717) is 18.0 Å². The Balaban J connectivity index is 2.79. The maximum Gasteiger partial charge on any atom is 0.246 e. The van der Waals surface area contributed by atoms with Gasteiger partial charge in [0.25, 0.3) is 0 Å². The van der Waals surface area contributed by atoms with Crippen LogP contribution >= 0.6 is 11.6 Å². The number of nitrogens with one attached hydrogen (secondary N) is 2. The lowest BCUT2D eigenvalue weighted by Crippen LogP contribution is -2.48. The topological polar surface area (TPSA) is 101 Å². The molecule has 1 aromatic carbocycles. The van der Waals surface area contributed by atoms with Crippen molar-refractivity contribution >= 4 is 35.0 Å². The third-order valence-electron chi connectivity index (χ3n) is 4.82. The molecule has 156 valence electrons. The highest BCUT2D eigenvalue weighted by Gasteiger charge is 2.35. The van der Waals surface area contributed by atoms with Crippen LogP contribution in [0.15, 0.2) is 24.3 Å². The number of unbranched alkanes of at least 4 members (excludes halogenated alkanes) is 1. The SMILES string of the molecule is CCCCC(C(N)=O)[C@@H](C(=O)N[C@@H](C)C(=O)Nc1ccc(CCl)cc1)C(C)C. The smallest absolute Gasteiger partial charge is 0.246 e. The fourth-order valence-electron chi connectivity index (χ4n) is 3.18. The van der Waals surface area contributed by atoms with Gasteiger partial charge in [0.15, 0.2) is 0 Å². The molecule has 0 radical (unpaired) electrons. The molecule has 6 nitrogen and oxygen atoms in total. The highest BCUT2D eigenvalue weighted by molar-refractivity contribution is 6.17. The van der Waals surface area contributed by atoms with E-state index in [0.717, 1.165) is 18.4 Å². The Morgan fingerprint density at radius 1 is 1.07 bits per heavy atom. The molecule has 0 spiro atoms. The number of carbonyl (C=O) groups is 3. The van der Waals surface area contributed by atoms with Crippen molar-refractivity contribution < 1.29 is 14.4 Å². The summed E-state index contributed by atoms with van der Waals surface area (Å²) in [6.45, 7) is 7.41. The average Bonchev–Trinajstić information content (AvgIpc) is 2.64. The number of carbonyl (C=O) groups excluding carboxylic acids is 3. The molecule has 0 aliphatic heterocycles. The first-order valence-corrected chi connectivity index (χ1v) is 10.3. The van der Waals surface area contributed by atoms with E-state index in [-0.39, 0.29) is 17.7 Å². The van der Waals surface area contributed by atoms with E-state index in [9.17, 15) is 14.4 Å². The van der Waals surface area contributed by atoms with Crippen LogP contribution in [0.1, 0.15) is 52.5 Å². The van der Waals surface area contributed by atoms with Crippen molar-refractivity contribution in [3.05, 3.63) is 29.8 Å². The first-order chi connectivity index (χ1) is 13.2. The summed E-state index contributed by atoms with van der Waals surface area (Å²) in [5, 5.41) is 5.50. The van der Waals surface area contributed by atoms with E-state index in [4.69, 9.17) is 17.3 Å². The summed E-state index contributed by atoms with van der Waals surface area (Å²) in [4.78, 5) is 37.2. The van der Waals surface area contributed by atoms with Crippen LogP contribution in [0.5, 0.6) is 0 Å². The maximum absolute atomic E-state index is 12.8. The van der Waals surface area contributed by atoms with Gasteiger partial charge in [-0.3, -0.25) is 14.4 Å². The first-order valence-electron chi connectivity index (χ1n) is 9.76. The fraction of sp³-hybridized carbons (Fsp3) is 0.571. The number of primary amides is 1. The zero-order valence-corrected chi connectivity index (χ0v) is 17.9. The molecule has 28 heavy (non-hydrogen) atoms. The van der Waals surface area contributed by atoms with Crippen molar-refractivity contribution in [3.8, 4) is 0 Å². The zero-order chi connectivity index (χ0) is 21.3. The Kier molecular flexibility index (Phi) is 10.0. The van der Waals surface area contributed by atoms with Gasteiger partial charge < -0.3 is 16.4 Å². The van der Waals surface area contributed by atoms with Crippen LogP contribution in [0.3, 0.4) is 0 Å². The average molecular weight is 410 g/mol. The Morgan fingerprint density at radius 3 is 2.14 bits per heavy atom. The Hall–Kier alpha value is -2.08. The quantitative estimate of drug-likeness (QED) is 0.488. The number of rotatable bonds is 11. The van der Waals surface area contributed by atoms with E-state index in [1.54, 1.807) is 19.1 Å².